The molecule has 106 valence electrons. The molecule has 0 amide bonds. The number of hydrogen-bond donors (Lipinski definition) is 2. The Balaban J connectivity index is 2.24. The first kappa shape index (κ1) is 15.6. The van der Waals surface area contributed by atoms with E-state index >= 15 is 0 Å². The van der Waals surface area contributed by atoms with Gasteiger partial charge < -0.3 is 19.9 Å². The van der Waals surface area contributed by atoms with E-state index in [-0.39, 0.29) is 36.5 Å². The van der Waals surface area contributed by atoms with Crippen LogP contribution < -0.4 is 5.32 Å². The van der Waals surface area contributed by atoms with Gasteiger partial charge in [0, 0.05) is 0 Å². The highest BCUT2D eigenvalue weighted by atomic mass is 32.2. The van der Waals surface area contributed by atoms with Gasteiger partial charge in [-0.15, -0.1) is 0 Å². The monoisotopic (exact) mass is 297 g/mol. The van der Waals surface area contributed by atoms with E-state index in [1.165, 1.54) is 0 Å². The first-order valence-electron chi connectivity index (χ1n) is 5.71. The van der Waals surface area contributed by atoms with Crippen LogP contribution in [0, 0.1) is 0 Å². The van der Waals surface area contributed by atoms with Gasteiger partial charge in [-0.25, -0.2) is 8.42 Å². The van der Waals surface area contributed by atoms with E-state index in [1.54, 1.807) is 0 Å². The fourth-order valence-electron chi connectivity index (χ4n) is 1.75. The summed E-state index contributed by atoms with van der Waals surface area (Å²) < 4.78 is 33.0. The van der Waals surface area contributed by atoms with Gasteiger partial charge in [-0.1, -0.05) is 0 Å². The molecule has 1 saturated heterocycles. The summed E-state index contributed by atoms with van der Waals surface area (Å²) in [4.78, 5) is 0. The predicted octanol–water partition coefficient (Wildman–Crippen LogP) is -0.536. The Bertz CT molecular complexity index is 384. The minimum absolute atomic E-state index is 0.0291. The summed E-state index contributed by atoms with van der Waals surface area (Å²) in [5, 5.41) is 11.6. The van der Waals surface area contributed by atoms with Crippen LogP contribution in [0.1, 0.15) is 13.3 Å². The topological polar surface area (TPSA) is 84.9 Å². The first-order valence-corrected chi connectivity index (χ1v) is 7.94. The van der Waals surface area contributed by atoms with Crippen molar-refractivity contribution in [2.45, 2.75) is 18.9 Å². The average molecular weight is 297 g/mol. The van der Waals surface area contributed by atoms with Crippen molar-refractivity contribution < 1.29 is 23.0 Å². The summed E-state index contributed by atoms with van der Waals surface area (Å²) in [6.45, 7) is 2.65. The number of aliphatic hydroxyl groups excluding tert-OH is 1. The van der Waals surface area contributed by atoms with Crippen molar-refractivity contribution in [1.82, 2.24) is 5.32 Å². The Morgan fingerprint density at radius 1 is 1.44 bits per heavy atom. The van der Waals surface area contributed by atoms with Crippen LogP contribution in [0.25, 0.3) is 0 Å². The Hall–Kier alpha value is -0.440. The summed E-state index contributed by atoms with van der Waals surface area (Å²) in [5.41, 5.74) is -0.540. The molecule has 6 nitrogen and oxygen atoms in total. The number of nitrogens with one attached hydrogen (secondary N) is 1. The van der Waals surface area contributed by atoms with Crippen LogP contribution in [0.4, 0.5) is 0 Å². The highest BCUT2D eigenvalue weighted by molar-refractivity contribution is 7.91. The van der Waals surface area contributed by atoms with E-state index in [4.69, 9.17) is 26.8 Å². The van der Waals surface area contributed by atoms with Crippen LogP contribution >= 0.6 is 12.2 Å². The van der Waals surface area contributed by atoms with Gasteiger partial charge in [0.15, 0.2) is 9.84 Å². The Kier molecular flexibility index (Phi) is 5.77. The molecule has 1 fully saturated rings. The lowest BCUT2D eigenvalue weighted by molar-refractivity contribution is 0.0671. The molecule has 0 aromatic rings. The molecule has 8 heteroatoms. The molecule has 0 aromatic heterocycles. The molecule has 18 heavy (non-hydrogen) atoms. The molecule has 0 radical (unpaired) electrons. The molecule has 1 heterocycles. The quantitative estimate of drug-likeness (QED) is 0.503. The van der Waals surface area contributed by atoms with Gasteiger partial charge in [0.05, 0.1) is 36.9 Å². The number of thiocarbonyl (C=S) groups is 1. The smallest absolute Gasteiger partial charge is 0.257 e. The van der Waals surface area contributed by atoms with Crippen LogP contribution in [0.15, 0.2) is 0 Å². The molecule has 0 aromatic carbocycles. The van der Waals surface area contributed by atoms with Gasteiger partial charge in [0.2, 0.25) is 0 Å². The van der Waals surface area contributed by atoms with Crippen molar-refractivity contribution >= 4 is 27.2 Å². The third-order valence-electron chi connectivity index (χ3n) is 2.60. The lowest BCUT2D eigenvalue weighted by Crippen LogP contribution is -2.47. The minimum Gasteiger partial charge on any atom is -0.469 e. The van der Waals surface area contributed by atoms with Crippen molar-refractivity contribution in [3.8, 4) is 0 Å². The van der Waals surface area contributed by atoms with Crippen molar-refractivity contribution in [1.29, 1.82) is 0 Å². The molecule has 0 bridgehead atoms. The zero-order valence-electron chi connectivity index (χ0n) is 10.3. The zero-order chi connectivity index (χ0) is 13.6. The summed E-state index contributed by atoms with van der Waals surface area (Å²) >= 11 is 4.98. The zero-order valence-corrected chi connectivity index (χ0v) is 12.0. The molecule has 1 atom stereocenters. The molecule has 1 aliphatic heterocycles. The lowest BCUT2D eigenvalue weighted by Gasteiger charge is -2.25. The van der Waals surface area contributed by atoms with Crippen molar-refractivity contribution in [3.05, 3.63) is 0 Å². The van der Waals surface area contributed by atoms with E-state index in [0.29, 0.717) is 13.0 Å². The second-order valence-electron chi connectivity index (χ2n) is 4.50. The van der Waals surface area contributed by atoms with Crippen LogP contribution in [-0.2, 0) is 19.3 Å². The summed E-state index contributed by atoms with van der Waals surface area (Å²) in [7, 11) is -2.96. The Labute approximate surface area is 113 Å². The minimum atomic E-state index is -2.96. The SMILES string of the molecule is C[C@@]1(NC(=S)OCCOCCO)CCS(=O)(=O)C1. The first-order chi connectivity index (χ1) is 8.37. The molecule has 0 unspecified atom stereocenters. The van der Waals surface area contributed by atoms with Crippen molar-refractivity contribution in [2.75, 3.05) is 37.9 Å². The molecule has 1 aliphatic rings. The van der Waals surface area contributed by atoms with Crippen LogP contribution in [0.2, 0.25) is 0 Å². The van der Waals surface area contributed by atoms with E-state index < -0.39 is 15.4 Å². The maximum atomic E-state index is 11.4. The molecular formula is C10H19NO5S2. The van der Waals surface area contributed by atoms with Crippen LogP contribution in [0.3, 0.4) is 0 Å². The van der Waals surface area contributed by atoms with E-state index in [2.05, 4.69) is 5.32 Å². The number of rotatable bonds is 6. The van der Waals surface area contributed by atoms with Gasteiger partial charge in [0.1, 0.15) is 6.61 Å². The molecule has 0 aliphatic carbocycles. The normalized spacial score (nSPS) is 25.9. The number of aliphatic hydroxyl groups is 1. The Morgan fingerprint density at radius 3 is 2.72 bits per heavy atom. The second kappa shape index (κ2) is 6.65. The summed E-state index contributed by atoms with van der Waals surface area (Å²) in [6, 6.07) is 0. The maximum absolute atomic E-state index is 11.4. The lowest BCUT2D eigenvalue weighted by atomic mass is 10.0. The van der Waals surface area contributed by atoms with Crippen LogP contribution in [0.5, 0.6) is 0 Å². The highest BCUT2D eigenvalue weighted by Crippen LogP contribution is 2.22. The average Bonchev–Trinajstić information content (AvgIpc) is 2.52. The number of sulfone groups is 1. The molecule has 2 N–H and O–H groups in total. The highest BCUT2D eigenvalue weighted by Gasteiger charge is 2.39. The third kappa shape index (κ3) is 5.47. The molecule has 1 rings (SSSR count). The van der Waals surface area contributed by atoms with Gasteiger partial charge in [-0.3, -0.25) is 0 Å². The number of ether oxygens (including phenoxy) is 2. The second-order valence-corrected chi connectivity index (χ2v) is 7.05. The molecule has 0 spiro atoms. The summed E-state index contributed by atoms with van der Waals surface area (Å²) in [6.07, 6.45) is 0.528. The summed E-state index contributed by atoms with van der Waals surface area (Å²) in [5.74, 6) is 0.253. The Morgan fingerprint density at radius 2 is 2.17 bits per heavy atom. The van der Waals surface area contributed by atoms with Gasteiger partial charge in [-0.05, 0) is 25.6 Å². The van der Waals surface area contributed by atoms with Gasteiger partial charge >= 0.3 is 0 Å². The van der Waals surface area contributed by atoms with Gasteiger partial charge in [0.25, 0.3) is 5.17 Å². The van der Waals surface area contributed by atoms with Crippen LogP contribution in [-0.4, -0.2) is 62.2 Å². The van der Waals surface area contributed by atoms with E-state index in [9.17, 15) is 8.42 Å². The largest absolute Gasteiger partial charge is 0.469 e. The third-order valence-corrected chi connectivity index (χ3v) is 4.73. The number of hydrogen-bond acceptors (Lipinski definition) is 6. The van der Waals surface area contributed by atoms with E-state index in [0.717, 1.165) is 0 Å². The van der Waals surface area contributed by atoms with Gasteiger partial charge in [-0.2, -0.15) is 0 Å². The maximum Gasteiger partial charge on any atom is 0.257 e. The fourth-order valence-corrected chi connectivity index (χ4v) is 4.17. The standard InChI is InChI=1S/C10H19NO5S2/c1-10(2-7-18(13,14)8-10)11-9(17)16-6-5-15-4-3-12/h12H,2-8H2,1H3,(H,11,17)/t10-/m1/s1. The van der Waals surface area contributed by atoms with Crippen molar-refractivity contribution in [3.63, 3.8) is 0 Å². The predicted molar refractivity (Wildman–Crippen MR) is 71.3 cm³/mol. The van der Waals surface area contributed by atoms with Crippen molar-refractivity contribution in [2.24, 2.45) is 0 Å². The fraction of sp³-hybridized carbons (Fsp3) is 0.900. The molecule has 0 saturated carbocycles. The van der Waals surface area contributed by atoms with E-state index in [1.807, 2.05) is 6.92 Å². The molecular weight excluding hydrogens is 278 g/mol.